The molecule has 0 saturated heterocycles. The second-order valence-corrected chi connectivity index (χ2v) is 4.74. The third kappa shape index (κ3) is 3.95. The Labute approximate surface area is 122 Å². The molecule has 1 heterocycles. The molecule has 2 rings (SSSR count). The topological polar surface area (TPSA) is 73.2 Å². The second kappa shape index (κ2) is 6.74. The second-order valence-electron chi connectivity index (χ2n) is 4.74. The highest BCUT2D eigenvalue weighted by Gasteiger charge is 2.14. The van der Waals surface area contributed by atoms with E-state index in [0.717, 1.165) is 13.0 Å². The van der Waals surface area contributed by atoms with E-state index >= 15 is 0 Å². The fourth-order valence-corrected chi connectivity index (χ4v) is 2.06. The van der Waals surface area contributed by atoms with Crippen LogP contribution in [-0.4, -0.2) is 23.1 Å². The van der Waals surface area contributed by atoms with Crippen molar-refractivity contribution in [1.82, 2.24) is 4.57 Å². The van der Waals surface area contributed by atoms with Gasteiger partial charge in [-0.2, -0.15) is 0 Å². The minimum atomic E-state index is -0.406. The molecular formula is C14H19N4O3+. The molecule has 0 bridgehead atoms. The first kappa shape index (κ1) is 14.8. The number of aromatic nitrogens is 2. The number of anilines is 1. The summed E-state index contributed by atoms with van der Waals surface area (Å²) >= 11 is 0. The van der Waals surface area contributed by atoms with Crippen LogP contribution in [0.5, 0.6) is 5.75 Å². The van der Waals surface area contributed by atoms with Crippen LogP contribution in [0.2, 0.25) is 0 Å². The maximum atomic E-state index is 11.0. The van der Waals surface area contributed by atoms with Gasteiger partial charge < -0.3 is 10.1 Å². The Hall–Kier alpha value is -2.57. The highest BCUT2D eigenvalue weighted by atomic mass is 16.6. The zero-order valence-corrected chi connectivity index (χ0v) is 12.2. The van der Waals surface area contributed by atoms with Crippen molar-refractivity contribution >= 4 is 11.4 Å². The Morgan fingerprint density at radius 1 is 1.48 bits per heavy atom. The van der Waals surface area contributed by atoms with Crippen molar-refractivity contribution in [2.45, 2.75) is 13.0 Å². The van der Waals surface area contributed by atoms with Gasteiger partial charge >= 0.3 is 0 Å². The lowest BCUT2D eigenvalue weighted by atomic mass is 10.2. The average Bonchev–Trinajstić information content (AvgIpc) is 2.89. The number of rotatable bonds is 7. The molecular weight excluding hydrogens is 272 g/mol. The molecule has 0 spiro atoms. The van der Waals surface area contributed by atoms with Crippen molar-refractivity contribution in [3.05, 3.63) is 47.0 Å². The van der Waals surface area contributed by atoms with E-state index in [2.05, 4.69) is 9.88 Å². The molecule has 0 amide bonds. The molecule has 0 aliphatic rings. The lowest BCUT2D eigenvalue weighted by Crippen LogP contribution is -2.23. The number of ether oxygens (including phenoxy) is 1. The first-order valence-corrected chi connectivity index (χ1v) is 6.67. The largest absolute Gasteiger partial charge is 0.496 e. The standard InChI is InChI=1S/C14H19N4O3/c1-16-8-9-17(11-16)7-3-6-15-13-5-4-12(21-2)10-14(13)18(19)20/h4-5,8-11,15H,3,6-7H2,1-2H3/q+1. The molecule has 112 valence electrons. The quantitative estimate of drug-likeness (QED) is 0.365. The summed E-state index contributed by atoms with van der Waals surface area (Å²) in [6, 6.07) is 4.81. The van der Waals surface area contributed by atoms with E-state index in [1.807, 2.05) is 30.3 Å². The van der Waals surface area contributed by atoms with Crippen molar-refractivity contribution in [3.8, 4) is 5.75 Å². The highest BCUT2D eigenvalue weighted by Crippen LogP contribution is 2.28. The van der Waals surface area contributed by atoms with E-state index in [0.29, 0.717) is 18.0 Å². The summed E-state index contributed by atoms with van der Waals surface area (Å²) in [4.78, 5) is 10.6. The third-order valence-corrected chi connectivity index (χ3v) is 3.13. The van der Waals surface area contributed by atoms with Gasteiger partial charge in [0.1, 0.15) is 23.8 Å². The van der Waals surface area contributed by atoms with Crippen LogP contribution in [0, 0.1) is 10.1 Å². The van der Waals surface area contributed by atoms with Crippen LogP contribution < -0.4 is 14.6 Å². The summed E-state index contributed by atoms with van der Waals surface area (Å²) in [5.41, 5.74) is 0.542. The number of aryl methyl sites for hydroxylation is 2. The normalized spacial score (nSPS) is 10.4. The molecule has 21 heavy (non-hydrogen) atoms. The van der Waals surface area contributed by atoms with Crippen molar-refractivity contribution in [1.29, 1.82) is 0 Å². The maximum Gasteiger partial charge on any atom is 0.296 e. The smallest absolute Gasteiger partial charge is 0.296 e. The predicted molar refractivity (Wildman–Crippen MR) is 78.4 cm³/mol. The zero-order chi connectivity index (χ0) is 15.2. The summed E-state index contributed by atoms with van der Waals surface area (Å²) < 4.78 is 9.06. The van der Waals surface area contributed by atoms with Crippen LogP contribution in [0.3, 0.4) is 0 Å². The number of methoxy groups -OCH3 is 1. The fourth-order valence-electron chi connectivity index (χ4n) is 2.06. The number of imidazole rings is 1. The van der Waals surface area contributed by atoms with Gasteiger partial charge in [-0.3, -0.25) is 10.1 Å². The van der Waals surface area contributed by atoms with Crippen molar-refractivity contribution in [3.63, 3.8) is 0 Å². The molecule has 7 nitrogen and oxygen atoms in total. The summed E-state index contributed by atoms with van der Waals surface area (Å²) in [6.07, 6.45) is 6.84. The Morgan fingerprint density at radius 2 is 2.29 bits per heavy atom. The molecule has 2 aromatic rings. The summed E-state index contributed by atoms with van der Waals surface area (Å²) in [7, 11) is 3.46. The molecule has 0 unspecified atom stereocenters. The average molecular weight is 291 g/mol. The van der Waals surface area contributed by atoms with Gasteiger partial charge in [0.2, 0.25) is 6.33 Å². The monoisotopic (exact) mass is 291 g/mol. The van der Waals surface area contributed by atoms with Crippen LogP contribution >= 0.6 is 0 Å². The van der Waals surface area contributed by atoms with Gasteiger partial charge in [-0.15, -0.1) is 0 Å². The summed E-state index contributed by atoms with van der Waals surface area (Å²) in [6.45, 7) is 1.52. The van der Waals surface area contributed by atoms with Gasteiger partial charge in [0, 0.05) is 13.0 Å². The van der Waals surface area contributed by atoms with Gasteiger partial charge in [0.05, 0.1) is 31.7 Å². The predicted octanol–water partition coefficient (Wildman–Crippen LogP) is 1.73. The first-order chi connectivity index (χ1) is 10.1. The molecule has 1 aromatic heterocycles. The Bertz CT molecular complexity index is 624. The number of nitrogens with zero attached hydrogens (tertiary/aromatic N) is 3. The number of nitro benzene ring substituents is 1. The molecule has 0 aliphatic carbocycles. The fraction of sp³-hybridized carbons (Fsp3) is 0.357. The van der Waals surface area contributed by atoms with Gasteiger partial charge in [0.25, 0.3) is 5.69 Å². The van der Waals surface area contributed by atoms with Crippen LogP contribution in [0.1, 0.15) is 6.42 Å². The maximum absolute atomic E-state index is 11.0. The van der Waals surface area contributed by atoms with Crippen LogP contribution in [0.15, 0.2) is 36.9 Å². The minimum absolute atomic E-state index is 0.0294. The number of benzene rings is 1. The van der Waals surface area contributed by atoms with Crippen LogP contribution in [0.4, 0.5) is 11.4 Å². The number of hydrogen-bond donors (Lipinski definition) is 1. The van der Waals surface area contributed by atoms with E-state index in [-0.39, 0.29) is 5.69 Å². The van der Waals surface area contributed by atoms with Crippen LogP contribution in [-0.2, 0) is 13.6 Å². The Morgan fingerprint density at radius 3 is 2.90 bits per heavy atom. The van der Waals surface area contributed by atoms with Crippen molar-refractivity contribution in [2.75, 3.05) is 19.0 Å². The molecule has 0 radical (unpaired) electrons. The van der Waals surface area contributed by atoms with Gasteiger partial charge in [-0.1, -0.05) is 0 Å². The third-order valence-electron chi connectivity index (χ3n) is 3.13. The highest BCUT2D eigenvalue weighted by molar-refractivity contribution is 5.63. The molecule has 0 atom stereocenters. The Kier molecular flexibility index (Phi) is 4.76. The Balaban J connectivity index is 1.92. The lowest BCUT2D eigenvalue weighted by Gasteiger charge is -2.07. The van der Waals surface area contributed by atoms with E-state index in [4.69, 9.17) is 4.74 Å². The first-order valence-electron chi connectivity index (χ1n) is 6.67. The minimum Gasteiger partial charge on any atom is -0.496 e. The van der Waals surface area contributed by atoms with E-state index < -0.39 is 4.92 Å². The van der Waals surface area contributed by atoms with E-state index in [9.17, 15) is 10.1 Å². The van der Waals surface area contributed by atoms with Gasteiger partial charge in [-0.05, 0) is 12.1 Å². The SMILES string of the molecule is COc1ccc(NCCCn2cc[n+](C)c2)c([N+](=O)[O-])c1. The molecule has 7 heteroatoms. The lowest BCUT2D eigenvalue weighted by molar-refractivity contribution is -0.671. The van der Waals surface area contributed by atoms with Crippen molar-refractivity contribution in [2.24, 2.45) is 7.05 Å². The zero-order valence-electron chi connectivity index (χ0n) is 12.2. The number of nitro groups is 1. The molecule has 0 fully saturated rings. The number of nitrogens with one attached hydrogen (secondary N) is 1. The van der Waals surface area contributed by atoms with Gasteiger partial charge in [-0.25, -0.2) is 9.13 Å². The number of hydrogen-bond acceptors (Lipinski definition) is 4. The summed E-state index contributed by atoms with van der Waals surface area (Å²) in [5.74, 6) is 0.479. The molecule has 0 aliphatic heterocycles. The van der Waals surface area contributed by atoms with Gasteiger partial charge in [0.15, 0.2) is 0 Å². The molecule has 0 saturated carbocycles. The van der Waals surface area contributed by atoms with E-state index in [1.54, 1.807) is 12.1 Å². The van der Waals surface area contributed by atoms with Crippen LogP contribution in [0.25, 0.3) is 0 Å². The summed E-state index contributed by atoms with van der Waals surface area (Å²) in [5, 5.41) is 14.2. The van der Waals surface area contributed by atoms with Crippen molar-refractivity contribution < 1.29 is 14.2 Å². The van der Waals surface area contributed by atoms with E-state index in [1.165, 1.54) is 13.2 Å². The molecule has 1 aromatic carbocycles. The molecule has 1 N–H and O–H groups in total.